The molecule has 0 bridgehead atoms. The van der Waals surface area contributed by atoms with E-state index in [0.717, 1.165) is 0 Å². The quantitative estimate of drug-likeness (QED) is 0.757. The van der Waals surface area contributed by atoms with Crippen LogP contribution < -0.4 is 5.32 Å². The van der Waals surface area contributed by atoms with Gasteiger partial charge in [-0.1, -0.05) is 18.5 Å². The molecule has 2 rings (SSSR count). The summed E-state index contributed by atoms with van der Waals surface area (Å²) in [5.41, 5.74) is 0.961. The molecule has 0 aliphatic heterocycles. The van der Waals surface area contributed by atoms with E-state index in [4.69, 9.17) is 16.7 Å². The van der Waals surface area contributed by atoms with Gasteiger partial charge in [-0.3, -0.25) is 9.59 Å². The van der Waals surface area contributed by atoms with Crippen LogP contribution >= 0.6 is 11.6 Å². The molecule has 0 unspecified atom stereocenters. The van der Waals surface area contributed by atoms with Crippen LogP contribution in [0, 0.1) is 6.92 Å². The molecule has 1 heterocycles. The van der Waals surface area contributed by atoms with Crippen LogP contribution in [-0.2, 0) is 4.79 Å². The number of nitrogens with one attached hydrogen (secondary N) is 1. The normalized spacial score (nSPS) is 10.3. The molecule has 0 fully saturated rings. The fraction of sp³-hybridized carbons (Fsp3) is 0.263. The third kappa shape index (κ3) is 5.52. The van der Waals surface area contributed by atoms with E-state index >= 15 is 0 Å². The van der Waals surface area contributed by atoms with E-state index < -0.39 is 11.9 Å². The van der Waals surface area contributed by atoms with Gasteiger partial charge in [-0.25, -0.2) is 9.78 Å². The summed E-state index contributed by atoms with van der Waals surface area (Å²) in [6, 6.07) is 9.35. The fourth-order valence-electron chi connectivity index (χ4n) is 2.50. The average molecular weight is 390 g/mol. The number of aryl methyl sites for hydroxylation is 1. The van der Waals surface area contributed by atoms with Gasteiger partial charge in [0.1, 0.15) is 12.2 Å². The zero-order valence-corrected chi connectivity index (χ0v) is 15.8. The lowest BCUT2D eigenvalue weighted by Crippen LogP contribution is -2.39. The van der Waals surface area contributed by atoms with Gasteiger partial charge in [0.15, 0.2) is 0 Å². The van der Waals surface area contributed by atoms with Crippen LogP contribution in [0.25, 0.3) is 0 Å². The molecule has 0 saturated carbocycles. The highest BCUT2D eigenvalue weighted by atomic mass is 35.5. The monoisotopic (exact) mass is 389 g/mol. The van der Waals surface area contributed by atoms with Crippen molar-refractivity contribution in [1.82, 2.24) is 9.88 Å². The Bertz CT molecular complexity index is 853. The summed E-state index contributed by atoms with van der Waals surface area (Å²) in [6.45, 7) is 3.65. The molecule has 0 spiro atoms. The number of pyridine rings is 1. The van der Waals surface area contributed by atoms with E-state index in [2.05, 4.69) is 10.3 Å². The SMILES string of the molecule is CCCN(CC(=O)Nc1ccc(Cl)cc1)C(=O)c1ccc(C(=O)O)c(C)n1. The van der Waals surface area contributed by atoms with Crippen LogP contribution in [0.4, 0.5) is 5.69 Å². The first-order valence-corrected chi connectivity index (χ1v) is 8.75. The summed E-state index contributed by atoms with van der Waals surface area (Å²) < 4.78 is 0. The molecule has 27 heavy (non-hydrogen) atoms. The summed E-state index contributed by atoms with van der Waals surface area (Å²) in [7, 11) is 0. The molecule has 1 aromatic carbocycles. The fourth-order valence-corrected chi connectivity index (χ4v) is 2.62. The zero-order valence-electron chi connectivity index (χ0n) is 15.0. The van der Waals surface area contributed by atoms with Crippen molar-refractivity contribution in [1.29, 1.82) is 0 Å². The molecule has 0 aliphatic rings. The number of aromatic carboxylic acids is 1. The Balaban J connectivity index is 2.12. The first-order chi connectivity index (χ1) is 12.8. The zero-order chi connectivity index (χ0) is 20.0. The van der Waals surface area contributed by atoms with Crippen LogP contribution in [0.1, 0.15) is 39.9 Å². The number of aromatic nitrogens is 1. The highest BCUT2D eigenvalue weighted by Gasteiger charge is 2.21. The van der Waals surface area contributed by atoms with Crippen LogP contribution in [0.5, 0.6) is 0 Å². The number of benzene rings is 1. The van der Waals surface area contributed by atoms with Crippen molar-refractivity contribution in [3.8, 4) is 0 Å². The van der Waals surface area contributed by atoms with Crippen molar-refractivity contribution in [2.24, 2.45) is 0 Å². The van der Waals surface area contributed by atoms with Gasteiger partial charge in [-0.15, -0.1) is 0 Å². The molecule has 7 nitrogen and oxygen atoms in total. The number of hydrogen-bond donors (Lipinski definition) is 2. The predicted molar refractivity (Wildman–Crippen MR) is 102 cm³/mol. The van der Waals surface area contributed by atoms with E-state index in [0.29, 0.717) is 23.7 Å². The van der Waals surface area contributed by atoms with Crippen LogP contribution in [0.15, 0.2) is 36.4 Å². The van der Waals surface area contributed by atoms with Crippen molar-refractivity contribution in [2.45, 2.75) is 20.3 Å². The molecule has 8 heteroatoms. The van der Waals surface area contributed by atoms with Crippen molar-refractivity contribution < 1.29 is 19.5 Å². The second-order valence-electron chi connectivity index (χ2n) is 5.92. The van der Waals surface area contributed by atoms with Crippen molar-refractivity contribution >= 4 is 35.1 Å². The molecule has 2 amide bonds. The van der Waals surface area contributed by atoms with Gasteiger partial charge < -0.3 is 15.3 Å². The van der Waals surface area contributed by atoms with Gasteiger partial charge in [-0.2, -0.15) is 0 Å². The number of anilines is 1. The number of hydrogen-bond acceptors (Lipinski definition) is 4. The van der Waals surface area contributed by atoms with E-state index in [-0.39, 0.29) is 29.4 Å². The summed E-state index contributed by atoms with van der Waals surface area (Å²) in [6.07, 6.45) is 0.659. The van der Waals surface area contributed by atoms with E-state index in [1.807, 2.05) is 6.92 Å². The molecule has 142 valence electrons. The Kier molecular flexibility index (Phi) is 6.90. The van der Waals surface area contributed by atoms with E-state index in [1.54, 1.807) is 24.3 Å². The number of nitrogens with zero attached hydrogens (tertiary/aromatic N) is 2. The van der Waals surface area contributed by atoms with Gasteiger partial charge in [0.25, 0.3) is 5.91 Å². The second kappa shape index (κ2) is 9.14. The Labute approximate surface area is 162 Å². The molecule has 2 aromatic rings. The Morgan fingerprint density at radius 3 is 2.37 bits per heavy atom. The van der Waals surface area contributed by atoms with Crippen molar-refractivity contribution in [2.75, 3.05) is 18.4 Å². The number of carbonyl (C=O) groups is 3. The molecule has 0 atom stereocenters. The Morgan fingerprint density at radius 1 is 1.15 bits per heavy atom. The molecule has 0 radical (unpaired) electrons. The summed E-state index contributed by atoms with van der Waals surface area (Å²) in [4.78, 5) is 41.6. The van der Waals surface area contributed by atoms with Crippen molar-refractivity contribution in [3.05, 3.63) is 58.4 Å². The standard InChI is InChI=1S/C19H20ClN3O4/c1-3-10-23(11-17(24)22-14-6-4-13(20)5-7-14)18(25)16-9-8-15(19(26)27)12(2)21-16/h4-9H,3,10-11H2,1-2H3,(H,22,24)(H,26,27). The molecular weight excluding hydrogens is 370 g/mol. The third-order valence-electron chi connectivity index (χ3n) is 3.78. The second-order valence-corrected chi connectivity index (χ2v) is 6.35. The first kappa shape index (κ1) is 20.4. The third-order valence-corrected chi connectivity index (χ3v) is 4.03. The average Bonchev–Trinajstić information content (AvgIpc) is 2.62. The number of halogens is 1. The van der Waals surface area contributed by atoms with Crippen molar-refractivity contribution in [3.63, 3.8) is 0 Å². The van der Waals surface area contributed by atoms with Crippen LogP contribution in [0.3, 0.4) is 0 Å². The highest BCUT2D eigenvalue weighted by molar-refractivity contribution is 6.30. The molecule has 0 saturated heterocycles. The largest absolute Gasteiger partial charge is 0.478 e. The summed E-state index contributed by atoms with van der Waals surface area (Å²) >= 11 is 5.82. The van der Waals surface area contributed by atoms with E-state index in [9.17, 15) is 14.4 Å². The summed E-state index contributed by atoms with van der Waals surface area (Å²) in [5, 5.41) is 12.3. The van der Waals surface area contributed by atoms with E-state index in [1.165, 1.54) is 24.0 Å². The first-order valence-electron chi connectivity index (χ1n) is 8.37. The minimum absolute atomic E-state index is 0.0362. The number of rotatable bonds is 7. The lowest BCUT2D eigenvalue weighted by atomic mass is 10.1. The van der Waals surface area contributed by atoms with Gasteiger partial charge in [0, 0.05) is 17.3 Å². The molecule has 0 aliphatic carbocycles. The maximum atomic E-state index is 12.7. The van der Waals surface area contributed by atoms with Crippen LogP contribution in [-0.4, -0.2) is 45.9 Å². The van der Waals surface area contributed by atoms with Crippen LogP contribution in [0.2, 0.25) is 5.02 Å². The Hall–Kier alpha value is -2.93. The number of carbonyl (C=O) groups excluding carboxylic acids is 2. The lowest BCUT2D eigenvalue weighted by molar-refractivity contribution is -0.116. The maximum absolute atomic E-state index is 12.7. The van der Waals surface area contributed by atoms with Gasteiger partial charge in [0.2, 0.25) is 5.91 Å². The molecule has 2 N–H and O–H groups in total. The number of carboxylic acid groups (broad SMARTS) is 1. The molecule has 1 aromatic heterocycles. The minimum atomic E-state index is -1.10. The smallest absolute Gasteiger partial charge is 0.337 e. The topological polar surface area (TPSA) is 99.6 Å². The van der Waals surface area contributed by atoms with Gasteiger partial charge in [-0.05, 0) is 49.7 Å². The number of amides is 2. The predicted octanol–water partition coefficient (Wildman–Crippen LogP) is 3.23. The lowest BCUT2D eigenvalue weighted by Gasteiger charge is -2.21. The maximum Gasteiger partial charge on any atom is 0.337 e. The number of carboxylic acids is 1. The molecular formula is C19H20ClN3O4. The van der Waals surface area contributed by atoms with Gasteiger partial charge in [0.05, 0.1) is 11.3 Å². The minimum Gasteiger partial charge on any atom is -0.478 e. The Morgan fingerprint density at radius 2 is 1.81 bits per heavy atom. The summed E-state index contributed by atoms with van der Waals surface area (Å²) in [5.74, 6) is -1.88. The highest BCUT2D eigenvalue weighted by Crippen LogP contribution is 2.14. The van der Waals surface area contributed by atoms with Gasteiger partial charge >= 0.3 is 5.97 Å².